The lowest BCUT2D eigenvalue weighted by atomic mass is 9.95. The van der Waals surface area contributed by atoms with E-state index in [2.05, 4.69) is 30.5 Å². The largest absolute Gasteiger partial charge is 0.338 e. The number of fused-ring (bicyclic) bond motifs is 4. The molecule has 3 amide bonds. The summed E-state index contributed by atoms with van der Waals surface area (Å²) in [5, 5.41) is 10.1. The van der Waals surface area contributed by atoms with Crippen LogP contribution in [0.4, 0.5) is 0 Å². The number of carbonyl (C=O) groups excluding carboxylic acids is 3. The number of rotatable bonds is 5. The summed E-state index contributed by atoms with van der Waals surface area (Å²) in [5.41, 5.74) is 6.43. The van der Waals surface area contributed by atoms with Gasteiger partial charge >= 0.3 is 0 Å². The SMILES string of the molecule is CC(C)CN1CC(=O)N2Cc3c(c4ccccc4n3Cc3ccc(C(=O)NO)cc3)CCCC2C1=O. The number of hydrogen-bond acceptors (Lipinski definition) is 4. The molecule has 0 bridgehead atoms. The normalized spacial score (nSPS) is 18.2. The van der Waals surface area contributed by atoms with Crippen LogP contribution < -0.4 is 5.48 Å². The summed E-state index contributed by atoms with van der Waals surface area (Å²) in [6, 6.07) is 15.0. The molecule has 0 spiro atoms. The summed E-state index contributed by atoms with van der Waals surface area (Å²) >= 11 is 0. The molecule has 8 heteroatoms. The molecule has 2 N–H and O–H groups in total. The van der Waals surface area contributed by atoms with E-state index in [0.29, 0.717) is 37.5 Å². The Kier molecular flexibility index (Phi) is 6.53. The van der Waals surface area contributed by atoms with Gasteiger partial charge in [0.15, 0.2) is 0 Å². The standard InChI is InChI=1S/C28H32N4O4/c1-18(2)14-30-17-26(33)32-16-25-22(7-5-9-24(32)28(30)35)21-6-3-4-8-23(21)31(25)15-19-10-12-20(13-11-19)27(34)29-36/h3-4,6,8,10-13,18,24,36H,5,7,9,14-17H2,1-2H3,(H,29,34). The van der Waals surface area contributed by atoms with Crippen LogP contribution in [0.1, 0.15) is 53.9 Å². The van der Waals surface area contributed by atoms with Crippen LogP contribution in [0.25, 0.3) is 10.9 Å². The van der Waals surface area contributed by atoms with Gasteiger partial charge in [0.1, 0.15) is 6.04 Å². The van der Waals surface area contributed by atoms with Crippen LogP contribution >= 0.6 is 0 Å². The minimum atomic E-state index is -0.552. The molecule has 0 radical (unpaired) electrons. The second-order valence-electron chi connectivity index (χ2n) is 10.2. The van der Waals surface area contributed by atoms with Crippen molar-refractivity contribution in [2.24, 2.45) is 5.92 Å². The fourth-order valence-corrected chi connectivity index (χ4v) is 5.63. The maximum atomic E-state index is 13.4. The number of hydroxylamine groups is 1. The van der Waals surface area contributed by atoms with Gasteiger partial charge in [-0.05, 0) is 54.5 Å². The van der Waals surface area contributed by atoms with E-state index in [9.17, 15) is 14.4 Å². The molecule has 2 aromatic carbocycles. The Balaban J connectivity index is 1.52. The molecule has 2 aliphatic rings. The average molecular weight is 489 g/mol. The first-order valence-corrected chi connectivity index (χ1v) is 12.6. The molecule has 1 fully saturated rings. The fourth-order valence-electron chi connectivity index (χ4n) is 5.63. The first kappa shape index (κ1) is 24.1. The van der Waals surface area contributed by atoms with Crippen LogP contribution in [0.15, 0.2) is 48.5 Å². The minimum Gasteiger partial charge on any atom is -0.338 e. The number of carbonyl (C=O) groups is 3. The van der Waals surface area contributed by atoms with E-state index in [1.807, 2.05) is 24.3 Å². The maximum Gasteiger partial charge on any atom is 0.274 e. The van der Waals surface area contributed by atoms with Crippen molar-refractivity contribution < 1.29 is 19.6 Å². The topological polar surface area (TPSA) is 94.9 Å². The lowest BCUT2D eigenvalue weighted by Gasteiger charge is -2.42. The predicted octanol–water partition coefficient (Wildman–Crippen LogP) is 3.34. The van der Waals surface area contributed by atoms with Crippen LogP contribution in [0.3, 0.4) is 0 Å². The van der Waals surface area contributed by atoms with Crippen molar-refractivity contribution in [3.8, 4) is 0 Å². The number of benzene rings is 2. The quantitative estimate of drug-likeness (QED) is 0.425. The molecular weight excluding hydrogens is 456 g/mol. The van der Waals surface area contributed by atoms with Gasteiger partial charge < -0.3 is 14.4 Å². The first-order chi connectivity index (χ1) is 17.4. The third-order valence-electron chi connectivity index (χ3n) is 7.28. The lowest BCUT2D eigenvalue weighted by Crippen LogP contribution is -2.60. The minimum absolute atomic E-state index is 0.00396. The van der Waals surface area contributed by atoms with E-state index in [1.165, 1.54) is 10.9 Å². The van der Waals surface area contributed by atoms with E-state index >= 15 is 0 Å². The summed E-state index contributed by atoms with van der Waals surface area (Å²) in [5.74, 6) is -0.175. The molecule has 0 aliphatic carbocycles. The smallest absolute Gasteiger partial charge is 0.274 e. The highest BCUT2D eigenvalue weighted by atomic mass is 16.5. The van der Waals surface area contributed by atoms with Gasteiger partial charge in [-0.1, -0.05) is 44.2 Å². The molecule has 36 heavy (non-hydrogen) atoms. The number of para-hydroxylation sites is 1. The highest BCUT2D eigenvalue weighted by Gasteiger charge is 2.40. The highest BCUT2D eigenvalue weighted by molar-refractivity contribution is 5.95. The summed E-state index contributed by atoms with van der Waals surface area (Å²) in [6.45, 7) is 5.84. The van der Waals surface area contributed by atoms with Crippen molar-refractivity contribution in [3.05, 3.63) is 70.9 Å². The van der Waals surface area contributed by atoms with Crippen molar-refractivity contribution in [3.63, 3.8) is 0 Å². The molecule has 0 saturated carbocycles. The number of aromatic nitrogens is 1. The third-order valence-corrected chi connectivity index (χ3v) is 7.28. The fraction of sp³-hybridized carbons (Fsp3) is 0.393. The van der Waals surface area contributed by atoms with Gasteiger partial charge in [-0.2, -0.15) is 0 Å². The Morgan fingerprint density at radius 3 is 2.56 bits per heavy atom. The zero-order valence-corrected chi connectivity index (χ0v) is 20.7. The Hall–Kier alpha value is -3.65. The zero-order chi connectivity index (χ0) is 25.4. The first-order valence-electron chi connectivity index (χ1n) is 12.6. The van der Waals surface area contributed by atoms with Crippen molar-refractivity contribution in [1.82, 2.24) is 19.8 Å². The Morgan fingerprint density at radius 1 is 1.08 bits per heavy atom. The zero-order valence-electron chi connectivity index (χ0n) is 20.7. The van der Waals surface area contributed by atoms with Gasteiger partial charge in [0.2, 0.25) is 11.8 Å². The van der Waals surface area contributed by atoms with E-state index in [4.69, 9.17) is 5.21 Å². The van der Waals surface area contributed by atoms with E-state index < -0.39 is 11.9 Å². The molecule has 1 saturated heterocycles. The van der Waals surface area contributed by atoms with E-state index in [1.54, 1.807) is 27.4 Å². The monoisotopic (exact) mass is 488 g/mol. The second-order valence-corrected chi connectivity index (χ2v) is 10.2. The molecule has 8 nitrogen and oxygen atoms in total. The molecule has 2 aliphatic heterocycles. The summed E-state index contributed by atoms with van der Waals surface area (Å²) in [6.07, 6.45) is 2.36. The number of amides is 3. The van der Waals surface area contributed by atoms with Gasteiger partial charge in [0, 0.05) is 35.2 Å². The molecule has 1 unspecified atom stereocenters. The van der Waals surface area contributed by atoms with Gasteiger partial charge in [-0.15, -0.1) is 0 Å². The van der Waals surface area contributed by atoms with Crippen molar-refractivity contribution in [2.45, 2.75) is 52.2 Å². The molecule has 5 rings (SSSR count). The molecule has 188 valence electrons. The van der Waals surface area contributed by atoms with Crippen LogP contribution in [-0.2, 0) is 29.1 Å². The van der Waals surface area contributed by atoms with E-state index in [0.717, 1.165) is 29.6 Å². The molecule has 1 aromatic heterocycles. The summed E-state index contributed by atoms with van der Waals surface area (Å²) in [4.78, 5) is 41.9. The highest BCUT2D eigenvalue weighted by Crippen LogP contribution is 2.34. The molecule has 3 aromatic rings. The summed E-state index contributed by atoms with van der Waals surface area (Å²) < 4.78 is 2.24. The third kappa shape index (κ3) is 4.37. The Morgan fingerprint density at radius 2 is 1.83 bits per heavy atom. The van der Waals surface area contributed by atoms with Gasteiger partial charge in [0.25, 0.3) is 5.91 Å². The van der Waals surface area contributed by atoms with Gasteiger partial charge in [-0.3, -0.25) is 19.6 Å². The number of nitrogens with zero attached hydrogens (tertiary/aromatic N) is 3. The van der Waals surface area contributed by atoms with Crippen molar-refractivity contribution in [2.75, 3.05) is 13.1 Å². The van der Waals surface area contributed by atoms with E-state index in [-0.39, 0.29) is 18.4 Å². The Labute approximate surface area is 210 Å². The second kappa shape index (κ2) is 9.78. The Bertz CT molecular complexity index is 1310. The summed E-state index contributed by atoms with van der Waals surface area (Å²) in [7, 11) is 0. The number of aryl methyl sites for hydroxylation is 1. The predicted molar refractivity (Wildman–Crippen MR) is 135 cm³/mol. The van der Waals surface area contributed by atoms with Crippen LogP contribution in [0, 0.1) is 5.92 Å². The van der Waals surface area contributed by atoms with Gasteiger partial charge in [0.05, 0.1) is 13.1 Å². The van der Waals surface area contributed by atoms with Crippen LogP contribution in [-0.4, -0.2) is 56.4 Å². The van der Waals surface area contributed by atoms with Gasteiger partial charge in [-0.25, -0.2) is 5.48 Å². The van der Waals surface area contributed by atoms with Crippen LogP contribution in [0.5, 0.6) is 0 Å². The molecule has 3 heterocycles. The van der Waals surface area contributed by atoms with Crippen molar-refractivity contribution in [1.29, 1.82) is 0 Å². The van der Waals surface area contributed by atoms with Crippen molar-refractivity contribution >= 4 is 28.6 Å². The number of piperazine rings is 1. The number of hydrogen-bond donors (Lipinski definition) is 2. The molecular formula is C28H32N4O4. The maximum absolute atomic E-state index is 13.4. The number of nitrogens with one attached hydrogen (secondary N) is 1. The average Bonchev–Trinajstić information content (AvgIpc) is 3.13. The van der Waals surface area contributed by atoms with Crippen LogP contribution in [0.2, 0.25) is 0 Å². The molecule has 1 atom stereocenters. The lowest BCUT2D eigenvalue weighted by molar-refractivity contribution is -0.157.